The molecule has 0 spiro atoms. The molecule has 2 rings (SSSR count). The summed E-state index contributed by atoms with van der Waals surface area (Å²) in [5.74, 6) is 0. The number of anilines is 1. The van der Waals surface area contributed by atoms with Crippen LogP contribution in [0.15, 0.2) is 42.7 Å². The van der Waals surface area contributed by atoms with Crippen LogP contribution < -0.4 is 5.32 Å². The topological polar surface area (TPSA) is 29.9 Å². The van der Waals surface area contributed by atoms with Gasteiger partial charge in [0.05, 0.1) is 5.69 Å². The Balaban J connectivity index is 2.10. The second kappa shape index (κ2) is 6.98. The monoisotopic (exact) mass is 257 g/mol. The summed E-state index contributed by atoms with van der Waals surface area (Å²) in [5.41, 5.74) is 2.28. The number of aromatic nitrogens is 2. The maximum atomic E-state index is 4.27. The summed E-state index contributed by atoms with van der Waals surface area (Å²) in [6, 6.07) is 11.0. The number of rotatable bonds is 7. The van der Waals surface area contributed by atoms with Gasteiger partial charge in [-0.1, -0.05) is 32.8 Å². The molecule has 1 N–H and O–H groups in total. The molecule has 0 aliphatic rings. The molecule has 0 fully saturated rings. The molecule has 0 amide bonds. The van der Waals surface area contributed by atoms with E-state index in [4.69, 9.17) is 0 Å². The van der Waals surface area contributed by atoms with Gasteiger partial charge in [-0.2, -0.15) is 5.10 Å². The first-order chi connectivity index (χ1) is 9.33. The largest absolute Gasteiger partial charge is 0.382 e. The van der Waals surface area contributed by atoms with Gasteiger partial charge in [-0.25, -0.2) is 4.68 Å². The highest BCUT2D eigenvalue weighted by Crippen LogP contribution is 2.17. The van der Waals surface area contributed by atoms with Crippen LogP contribution in [0.4, 0.5) is 5.69 Å². The van der Waals surface area contributed by atoms with E-state index in [9.17, 15) is 0 Å². The fourth-order valence-electron chi connectivity index (χ4n) is 2.38. The third kappa shape index (κ3) is 3.85. The van der Waals surface area contributed by atoms with E-state index in [1.165, 1.54) is 31.4 Å². The molecule has 0 saturated heterocycles. The fourth-order valence-corrected chi connectivity index (χ4v) is 2.38. The molecule has 0 aliphatic heterocycles. The highest BCUT2D eigenvalue weighted by Gasteiger charge is 2.07. The van der Waals surface area contributed by atoms with Gasteiger partial charge >= 0.3 is 0 Å². The Labute approximate surface area is 115 Å². The lowest BCUT2D eigenvalue weighted by molar-refractivity contribution is 0.586. The molecule has 3 nitrogen and oxygen atoms in total. The van der Waals surface area contributed by atoms with Gasteiger partial charge in [0.2, 0.25) is 0 Å². The van der Waals surface area contributed by atoms with Gasteiger partial charge in [0.25, 0.3) is 0 Å². The summed E-state index contributed by atoms with van der Waals surface area (Å²) < 4.78 is 1.89. The van der Waals surface area contributed by atoms with E-state index in [-0.39, 0.29) is 0 Å². The van der Waals surface area contributed by atoms with Crippen LogP contribution in [0.2, 0.25) is 0 Å². The van der Waals surface area contributed by atoms with Crippen molar-refractivity contribution in [2.45, 2.75) is 45.6 Å². The molecule has 102 valence electrons. The van der Waals surface area contributed by atoms with Gasteiger partial charge in [-0.3, -0.25) is 0 Å². The van der Waals surface area contributed by atoms with E-state index in [0.717, 1.165) is 5.69 Å². The summed E-state index contributed by atoms with van der Waals surface area (Å²) in [4.78, 5) is 0. The normalized spacial score (nSPS) is 10.9. The zero-order valence-corrected chi connectivity index (χ0v) is 11.8. The van der Waals surface area contributed by atoms with Gasteiger partial charge in [-0.15, -0.1) is 0 Å². The van der Waals surface area contributed by atoms with Crippen LogP contribution in [0.1, 0.15) is 39.5 Å². The molecule has 19 heavy (non-hydrogen) atoms. The molecule has 0 atom stereocenters. The van der Waals surface area contributed by atoms with Crippen LogP contribution in [0.5, 0.6) is 0 Å². The number of benzene rings is 1. The Kier molecular flexibility index (Phi) is 5.01. The van der Waals surface area contributed by atoms with Crippen molar-refractivity contribution in [1.29, 1.82) is 0 Å². The maximum Gasteiger partial charge on any atom is 0.0666 e. The van der Waals surface area contributed by atoms with Crippen LogP contribution in [0.25, 0.3) is 5.69 Å². The van der Waals surface area contributed by atoms with Gasteiger partial charge in [0, 0.05) is 24.1 Å². The van der Waals surface area contributed by atoms with E-state index < -0.39 is 0 Å². The van der Waals surface area contributed by atoms with Crippen molar-refractivity contribution in [3.63, 3.8) is 0 Å². The quantitative estimate of drug-likeness (QED) is 0.803. The summed E-state index contributed by atoms with van der Waals surface area (Å²) in [6.45, 7) is 4.48. The average molecular weight is 257 g/mol. The molecule has 0 radical (unpaired) electrons. The van der Waals surface area contributed by atoms with Crippen molar-refractivity contribution < 1.29 is 0 Å². The Morgan fingerprint density at radius 3 is 2.58 bits per heavy atom. The van der Waals surface area contributed by atoms with Crippen molar-refractivity contribution >= 4 is 5.69 Å². The van der Waals surface area contributed by atoms with Crippen LogP contribution in [-0.4, -0.2) is 15.8 Å². The Morgan fingerprint density at radius 1 is 1.16 bits per heavy atom. The number of nitrogens with zero attached hydrogens (tertiary/aromatic N) is 2. The van der Waals surface area contributed by atoms with Crippen LogP contribution in [0.3, 0.4) is 0 Å². The minimum Gasteiger partial charge on any atom is -0.382 e. The van der Waals surface area contributed by atoms with Crippen molar-refractivity contribution in [3.05, 3.63) is 42.7 Å². The van der Waals surface area contributed by atoms with E-state index in [0.29, 0.717) is 6.04 Å². The van der Waals surface area contributed by atoms with Gasteiger partial charge in [0.15, 0.2) is 0 Å². The fraction of sp³-hybridized carbons (Fsp3) is 0.438. The van der Waals surface area contributed by atoms with Crippen molar-refractivity contribution in [3.8, 4) is 5.69 Å². The van der Waals surface area contributed by atoms with E-state index in [2.05, 4.69) is 48.5 Å². The molecule has 0 saturated carbocycles. The zero-order valence-electron chi connectivity index (χ0n) is 11.8. The summed E-state index contributed by atoms with van der Waals surface area (Å²) in [7, 11) is 0. The lowest BCUT2D eigenvalue weighted by atomic mass is 10.1. The average Bonchev–Trinajstić information content (AvgIpc) is 2.93. The molecule has 3 heteroatoms. The Morgan fingerprint density at radius 2 is 1.95 bits per heavy atom. The first-order valence-electron chi connectivity index (χ1n) is 7.20. The van der Waals surface area contributed by atoms with Crippen molar-refractivity contribution in [2.75, 3.05) is 5.32 Å². The van der Waals surface area contributed by atoms with Crippen molar-refractivity contribution in [1.82, 2.24) is 9.78 Å². The molecular weight excluding hydrogens is 234 g/mol. The molecule has 2 aromatic rings. The van der Waals surface area contributed by atoms with Gasteiger partial charge in [-0.05, 0) is 37.1 Å². The highest BCUT2D eigenvalue weighted by molar-refractivity contribution is 5.51. The van der Waals surface area contributed by atoms with Crippen LogP contribution >= 0.6 is 0 Å². The lowest BCUT2D eigenvalue weighted by Gasteiger charge is -2.19. The standard InChI is InChI=1S/C16H23N3/c1-3-7-14(8-4-2)18-15-9-5-10-16(13-15)19-12-6-11-17-19/h5-6,9-14,18H,3-4,7-8H2,1-2H3. The summed E-state index contributed by atoms with van der Waals surface area (Å²) >= 11 is 0. The minimum atomic E-state index is 0.572. The predicted molar refractivity (Wildman–Crippen MR) is 80.8 cm³/mol. The van der Waals surface area contributed by atoms with Gasteiger partial charge in [0.1, 0.15) is 0 Å². The number of hydrogen-bond acceptors (Lipinski definition) is 2. The summed E-state index contributed by atoms with van der Waals surface area (Å²) in [5, 5.41) is 7.91. The Bertz CT molecular complexity index is 470. The molecule has 0 aliphatic carbocycles. The second-order valence-electron chi connectivity index (χ2n) is 4.92. The zero-order chi connectivity index (χ0) is 13.5. The maximum absolute atomic E-state index is 4.27. The Hall–Kier alpha value is -1.77. The van der Waals surface area contributed by atoms with E-state index >= 15 is 0 Å². The van der Waals surface area contributed by atoms with E-state index in [1.54, 1.807) is 6.20 Å². The SMILES string of the molecule is CCCC(CCC)Nc1cccc(-n2cccn2)c1. The highest BCUT2D eigenvalue weighted by atomic mass is 15.3. The predicted octanol–water partition coefficient (Wildman–Crippen LogP) is 4.25. The lowest BCUT2D eigenvalue weighted by Crippen LogP contribution is -2.18. The molecular formula is C16H23N3. The van der Waals surface area contributed by atoms with Crippen LogP contribution in [-0.2, 0) is 0 Å². The molecule has 1 aromatic carbocycles. The first kappa shape index (κ1) is 13.7. The minimum absolute atomic E-state index is 0.572. The molecule has 0 unspecified atom stereocenters. The van der Waals surface area contributed by atoms with Crippen LogP contribution in [0, 0.1) is 0 Å². The van der Waals surface area contributed by atoms with Gasteiger partial charge < -0.3 is 5.32 Å². The third-order valence-electron chi connectivity index (χ3n) is 3.26. The molecule has 0 bridgehead atoms. The van der Waals surface area contributed by atoms with E-state index in [1.807, 2.05) is 16.9 Å². The second-order valence-corrected chi connectivity index (χ2v) is 4.92. The number of nitrogens with one attached hydrogen (secondary N) is 1. The first-order valence-corrected chi connectivity index (χ1v) is 7.20. The number of hydrogen-bond donors (Lipinski definition) is 1. The van der Waals surface area contributed by atoms with Crippen molar-refractivity contribution in [2.24, 2.45) is 0 Å². The smallest absolute Gasteiger partial charge is 0.0666 e. The summed E-state index contributed by atoms with van der Waals surface area (Å²) in [6.07, 6.45) is 8.65. The molecule has 1 aromatic heterocycles. The third-order valence-corrected chi connectivity index (χ3v) is 3.26. The molecule has 1 heterocycles.